The van der Waals surface area contributed by atoms with E-state index in [1.807, 2.05) is 36.4 Å². The molecule has 0 aliphatic rings. The van der Waals surface area contributed by atoms with Crippen LogP contribution >= 0.6 is 0 Å². The molecule has 8 heteroatoms. The Balaban J connectivity index is 1.65. The molecule has 0 bridgehead atoms. The first-order valence-electron chi connectivity index (χ1n) is 8.42. The third kappa shape index (κ3) is 5.68. The standard InChI is InChI=1S/C19H21N5O2S/c1-27(25,26)24-17-6-4-15(5-7-17)19-18(3-2-10-23-19)22-14-13-21-16-8-11-20-12-9-16/h2-12,22,24H,13-14H2,1H3,(H,20,21). The van der Waals surface area contributed by atoms with Crippen LogP contribution in [0.1, 0.15) is 0 Å². The Morgan fingerprint density at radius 2 is 1.56 bits per heavy atom. The van der Waals surface area contributed by atoms with Crippen LogP contribution in [0.4, 0.5) is 17.1 Å². The minimum atomic E-state index is -3.29. The summed E-state index contributed by atoms with van der Waals surface area (Å²) in [6, 6.07) is 14.8. The third-order valence-corrected chi connectivity index (χ3v) is 4.33. The molecule has 2 heterocycles. The summed E-state index contributed by atoms with van der Waals surface area (Å²) in [5, 5.41) is 6.70. The average Bonchev–Trinajstić information content (AvgIpc) is 2.66. The van der Waals surface area contributed by atoms with Gasteiger partial charge in [0, 0.05) is 48.6 Å². The Kier molecular flexibility index (Phi) is 5.87. The van der Waals surface area contributed by atoms with Crippen molar-refractivity contribution in [2.75, 3.05) is 34.7 Å². The lowest BCUT2D eigenvalue weighted by Crippen LogP contribution is -2.14. The number of pyridine rings is 2. The molecule has 0 saturated heterocycles. The number of nitrogens with one attached hydrogen (secondary N) is 3. The lowest BCUT2D eigenvalue weighted by molar-refractivity contribution is 0.607. The van der Waals surface area contributed by atoms with Crippen molar-refractivity contribution in [3.05, 3.63) is 67.1 Å². The van der Waals surface area contributed by atoms with Gasteiger partial charge in [0.2, 0.25) is 10.0 Å². The molecule has 2 aromatic heterocycles. The monoisotopic (exact) mass is 383 g/mol. The number of hydrogen-bond donors (Lipinski definition) is 3. The predicted octanol–water partition coefficient (Wildman–Crippen LogP) is 3.04. The Bertz CT molecular complexity index is 976. The van der Waals surface area contributed by atoms with E-state index in [0.717, 1.165) is 35.4 Å². The zero-order valence-electron chi connectivity index (χ0n) is 14.9. The maximum absolute atomic E-state index is 11.3. The second kappa shape index (κ2) is 8.50. The summed E-state index contributed by atoms with van der Waals surface area (Å²) in [6.45, 7) is 1.46. The second-order valence-corrected chi connectivity index (χ2v) is 7.69. The third-order valence-electron chi connectivity index (χ3n) is 3.72. The van der Waals surface area contributed by atoms with Crippen molar-refractivity contribution in [3.63, 3.8) is 0 Å². The van der Waals surface area contributed by atoms with E-state index in [9.17, 15) is 8.42 Å². The van der Waals surface area contributed by atoms with Gasteiger partial charge in [0.05, 0.1) is 17.6 Å². The summed E-state index contributed by atoms with van der Waals surface area (Å²) < 4.78 is 25.1. The zero-order chi connectivity index (χ0) is 19.1. The molecule has 0 aliphatic carbocycles. The number of aromatic nitrogens is 2. The van der Waals surface area contributed by atoms with E-state index in [4.69, 9.17) is 0 Å². The van der Waals surface area contributed by atoms with E-state index in [1.54, 1.807) is 30.7 Å². The van der Waals surface area contributed by atoms with E-state index >= 15 is 0 Å². The number of rotatable bonds is 8. The molecule has 3 rings (SSSR count). The fourth-order valence-corrected chi connectivity index (χ4v) is 3.13. The van der Waals surface area contributed by atoms with Crippen LogP contribution in [0.2, 0.25) is 0 Å². The summed E-state index contributed by atoms with van der Waals surface area (Å²) in [6.07, 6.45) is 6.36. The molecule has 1 aromatic carbocycles. The van der Waals surface area contributed by atoms with Crippen LogP contribution in [0.25, 0.3) is 11.3 Å². The highest BCUT2D eigenvalue weighted by Gasteiger charge is 2.07. The highest BCUT2D eigenvalue weighted by atomic mass is 32.2. The maximum atomic E-state index is 11.3. The van der Waals surface area contributed by atoms with Gasteiger partial charge in [-0.2, -0.15) is 0 Å². The van der Waals surface area contributed by atoms with Crippen LogP contribution in [0.3, 0.4) is 0 Å². The van der Waals surface area contributed by atoms with Gasteiger partial charge in [0.25, 0.3) is 0 Å². The van der Waals surface area contributed by atoms with E-state index < -0.39 is 10.0 Å². The van der Waals surface area contributed by atoms with Crippen LogP contribution in [0.5, 0.6) is 0 Å². The van der Waals surface area contributed by atoms with Gasteiger partial charge >= 0.3 is 0 Å². The van der Waals surface area contributed by atoms with Crippen molar-refractivity contribution >= 4 is 27.1 Å². The quantitative estimate of drug-likeness (QED) is 0.518. The van der Waals surface area contributed by atoms with Crippen molar-refractivity contribution in [2.45, 2.75) is 0 Å². The fourth-order valence-electron chi connectivity index (χ4n) is 2.56. The normalized spacial score (nSPS) is 11.0. The molecule has 7 nitrogen and oxygen atoms in total. The molecule has 0 radical (unpaired) electrons. The first-order chi connectivity index (χ1) is 13.0. The molecule has 0 atom stereocenters. The lowest BCUT2D eigenvalue weighted by Gasteiger charge is -2.13. The summed E-state index contributed by atoms with van der Waals surface area (Å²) in [5.41, 5.74) is 4.17. The minimum absolute atomic E-state index is 0.522. The van der Waals surface area contributed by atoms with E-state index in [-0.39, 0.29) is 0 Å². The van der Waals surface area contributed by atoms with Crippen molar-refractivity contribution in [1.29, 1.82) is 0 Å². The highest BCUT2D eigenvalue weighted by molar-refractivity contribution is 7.92. The molecule has 27 heavy (non-hydrogen) atoms. The van der Waals surface area contributed by atoms with E-state index in [1.165, 1.54) is 0 Å². The van der Waals surface area contributed by atoms with E-state index in [2.05, 4.69) is 25.3 Å². The van der Waals surface area contributed by atoms with Crippen molar-refractivity contribution in [1.82, 2.24) is 9.97 Å². The van der Waals surface area contributed by atoms with Crippen LogP contribution in [0.15, 0.2) is 67.1 Å². The van der Waals surface area contributed by atoms with Crippen molar-refractivity contribution < 1.29 is 8.42 Å². The van der Waals surface area contributed by atoms with Crippen LogP contribution < -0.4 is 15.4 Å². The molecular weight excluding hydrogens is 362 g/mol. The van der Waals surface area contributed by atoms with Gasteiger partial charge in [-0.25, -0.2) is 8.42 Å². The van der Waals surface area contributed by atoms with Gasteiger partial charge in [-0.1, -0.05) is 12.1 Å². The molecule has 3 N–H and O–H groups in total. The summed E-state index contributed by atoms with van der Waals surface area (Å²) >= 11 is 0. The topological polar surface area (TPSA) is 96.0 Å². The fraction of sp³-hybridized carbons (Fsp3) is 0.158. The molecule has 0 aliphatic heterocycles. The van der Waals surface area contributed by atoms with Crippen molar-refractivity contribution in [2.24, 2.45) is 0 Å². The number of anilines is 3. The predicted molar refractivity (Wildman–Crippen MR) is 109 cm³/mol. The second-order valence-electron chi connectivity index (χ2n) is 5.94. The van der Waals surface area contributed by atoms with Gasteiger partial charge in [-0.05, 0) is 36.4 Å². The number of hydrogen-bond acceptors (Lipinski definition) is 6. The Hall–Kier alpha value is -3.13. The largest absolute Gasteiger partial charge is 0.383 e. The van der Waals surface area contributed by atoms with Gasteiger partial charge in [-0.15, -0.1) is 0 Å². The first-order valence-corrected chi connectivity index (χ1v) is 10.3. The smallest absolute Gasteiger partial charge is 0.229 e. The molecule has 0 spiro atoms. The van der Waals surface area contributed by atoms with Gasteiger partial charge in [0.15, 0.2) is 0 Å². The zero-order valence-corrected chi connectivity index (χ0v) is 15.7. The minimum Gasteiger partial charge on any atom is -0.383 e. The average molecular weight is 383 g/mol. The summed E-state index contributed by atoms with van der Waals surface area (Å²) in [7, 11) is -3.29. The molecule has 140 valence electrons. The lowest BCUT2D eigenvalue weighted by atomic mass is 10.1. The SMILES string of the molecule is CS(=O)(=O)Nc1ccc(-c2ncccc2NCCNc2ccncc2)cc1. The van der Waals surface area contributed by atoms with Crippen LogP contribution in [-0.2, 0) is 10.0 Å². The number of sulfonamides is 1. The molecule has 3 aromatic rings. The number of benzene rings is 1. The van der Waals surface area contributed by atoms with Crippen molar-refractivity contribution in [3.8, 4) is 11.3 Å². The number of nitrogens with zero attached hydrogens (tertiary/aromatic N) is 2. The maximum Gasteiger partial charge on any atom is 0.229 e. The molecule has 0 amide bonds. The van der Waals surface area contributed by atoms with Gasteiger partial charge in [0.1, 0.15) is 0 Å². The van der Waals surface area contributed by atoms with Gasteiger partial charge in [-0.3, -0.25) is 14.7 Å². The summed E-state index contributed by atoms with van der Waals surface area (Å²) in [5.74, 6) is 0. The van der Waals surface area contributed by atoms with Crippen LogP contribution in [-0.4, -0.2) is 37.7 Å². The van der Waals surface area contributed by atoms with Crippen LogP contribution in [0, 0.1) is 0 Å². The molecule has 0 fully saturated rings. The molecular formula is C19H21N5O2S. The molecule has 0 saturated carbocycles. The van der Waals surface area contributed by atoms with Gasteiger partial charge < -0.3 is 10.6 Å². The first kappa shape index (κ1) is 18.7. The Labute approximate surface area is 158 Å². The Morgan fingerprint density at radius 3 is 2.26 bits per heavy atom. The highest BCUT2D eigenvalue weighted by Crippen LogP contribution is 2.26. The molecule has 0 unspecified atom stereocenters. The van der Waals surface area contributed by atoms with E-state index in [0.29, 0.717) is 12.2 Å². The Morgan fingerprint density at radius 1 is 0.852 bits per heavy atom. The summed E-state index contributed by atoms with van der Waals surface area (Å²) in [4.78, 5) is 8.45.